The van der Waals surface area contributed by atoms with Crippen molar-refractivity contribution in [1.82, 2.24) is 15.0 Å². The molecule has 1 aromatic heterocycles. The first kappa shape index (κ1) is 21.2. The van der Waals surface area contributed by atoms with E-state index < -0.39 is 0 Å². The molecular formula is C24H24N4O4. The molecule has 4 aromatic rings. The molecule has 0 aliphatic rings. The normalized spacial score (nSPS) is 10.8. The lowest BCUT2D eigenvalue weighted by atomic mass is 10.1. The van der Waals surface area contributed by atoms with E-state index in [4.69, 9.17) is 14.2 Å². The number of hydrogen-bond donors (Lipinski definition) is 1. The number of rotatable bonds is 7. The van der Waals surface area contributed by atoms with E-state index in [0.717, 1.165) is 22.5 Å². The fourth-order valence-electron chi connectivity index (χ4n) is 3.42. The summed E-state index contributed by atoms with van der Waals surface area (Å²) in [7, 11) is 3.03. The Morgan fingerprint density at radius 2 is 1.59 bits per heavy atom. The largest absolute Gasteiger partial charge is 0.496 e. The molecule has 164 valence electrons. The Labute approximate surface area is 185 Å². The molecule has 3 aromatic carbocycles. The fourth-order valence-corrected chi connectivity index (χ4v) is 3.42. The standard InChI is InChI=1S/C24H24N4O4/c1-5-32-17-11-9-16(10-12-17)28-26-19-13-15(2)18(14-20(19)27-28)25-24(29)23-21(30-3)7-6-8-22(23)31-4/h6-14H,5H2,1-4H3,(H,25,29). The Morgan fingerprint density at radius 1 is 0.969 bits per heavy atom. The molecule has 0 saturated carbocycles. The summed E-state index contributed by atoms with van der Waals surface area (Å²) in [6.07, 6.45) is 0. The van der Waals surface area contributed by atoms with Gasteiger partial charge in [-0.2, -0.15) is 4.80 Å². The van der Waals surface area contributed by atoms with Gasteiger partial charge in [0.2, 0.25) is 0 Å². The Balaban J connectivity index is 1.65. The molecule has 1 amide bonds. The Morgan fingerprint density at radius 3 is 2.19 bits per heavy atom. The minimum Gasteiger partial charge on any atom is -0.496 e. The molecule has 0 bridgehead atoms. The molecule has 0 spiro atoms. The molecule has 4 rings (SSSR count). The van der Waals surface area contributed by atoms with E-state index in [-0.39, 0.29) is 5.91 Å². The highest BCUT2D eigenvalue weighted by Gasteiger charge is 2.19. The Kier molecular flexibility index (Phi) is 5.93. The summed E-state index contributed by atoms with van der Waals surface area (Å²) in [6, 6.07) is 16.5. The van der Waals surface area contributed by atoms with Gasteiger partial charge in [0.1, 0.15) is 33.8 Å². The second kappa shape index (κ2) is 8.97. The monoisotopic (exact) mass is 432 g/mol. The summed E-state index contributed by atoms with van der Waals surface area (Å²) in [5.41, 5.74) is 4.02. The fraction of sp³-hybridized carbons (Fsp3) is 0.208. The molecule has 0 radical (unpaired) electrons. The number of aromatic nitrogens is 3. The lowest BCUT2D eigenvalue weighted by Gasteiger charge is -2.14. The van der Waals surface area contributed by atoms with Crippen LogP contribution in [0, 0.1) is 6.92 Å². The van der Waals surface area contributed by atoms with E-state index >= 15 is 0 Å². The predicted molar refractivity (Wildman–Crippen MR) is 122 cm³/mol. The van der Waals surface area contributed by atoms with Crippen LogP contribution < -0.4 is 19.5 Å². The van der Waals surface area contributed by atoms with Crippen LogP contribution >= 0.6 is 0 Å². The SMILES string of the molecule is CCOc1ccc(-n2nc3cc(C)c(NC(=O)c4c(OC)cccc4OC)cc3n2)cc1. The van der Waals surface area contributed by atoms with Gasteiger partial charge in [0.05, 0.1) is 26.5 Å². The van der Waals surface area contributed by atoms with E-state index in [1.807, 2.05) is 50.2 Å². The number of benzene rings is 3. The molecule has 0 saturated heterocycles. The third kappa shape index (κ3) is 4.07. The number of nitrogens with zero attached hydrogens (tertiary/aromatic N) is 3. The van der Waals surface area contributed by atoms with E-state index in [0.29, 0.717) is 34.9 Å². The number of hydrogen-bond acceptors (Lipinski definition) is 6. The van der Waals surface area contributed by atoms with Crippen LogP contribution in [0.15, 0.2) is 54.6 Å². The number of nitrogens with one attached hydrogen (secondary N) is 1. The minimum atomic E-state index is -0.333. The van der Waals surface area contributed by atoms with Crippen LogP contribution in [0.4, 0.5) is 5.69 Å². The second-order valence-corrected chi connectivity index (χ2v) is 7.06. The smallest absolute Gasteiger partial charge is 0.263 e. The first-order chi connectivity index (χ1) is 15.5. The highest BCUT2D eigenvalue weighted by molar-refractivity contribution is 6.09. The second-order valence-electron chi connectivity index (χ2n) is 7.06. The van der Waals surface area contributed by atoms with Gasteiger partial charge in [-0.15, -0.1) is 10.2 Å². The van der Waals surface area contributed by atoms with Crippen LogP contribution in [0.25, 0.3) is 16.7 Å². The van der Waals surface area contributed by atoms with Crippen LogP contribution in [-0.2, 0) is 0 Å². The predicted octanol–water partition coefficient (Wildman–Crippen LogP) is 4.40. The number of aryl methyl sites for hydroxylation is 1. The Bertz CT molecular complexity index is 1240. The highest BCUT2D eigenvalue weighted by Crippen LogP contribution is 2.30. The molecule has 0 unspecified atom stereocenters. The van der Waals surface area contributed by atoms with Crippen molar-refractivity contribution in [2.75, 3.05) is 26.1 Å². The molecular weight excluding hydrogens is 408 g/mol. The zero-order valence-electron chi connectivity index (χ0n) is 18.4. The average molecular weight is 432 g/mol. The molecule has 0 fully saturated rings. The lowest BCUT2D eigenvalue weighted by Crippen LogP contribution is -2.15. The number of fused-ring (bicyclic) bond motifs is 1. The molecule has 8 nitrogen and oxygen atoms in total. The molecule has 8 heteroatoms. The van der Waals surface area contributed by atoms with Gasteiger partial charge in [0, 0.05) is 5.69 Å². The van der Waals surface area contributed by atoms with E-state index in [9.17, 15) is 4.79 Å². The van der Waals surface area contributed by atoms with Crippen molar-refractivity contribution in [3.05, 3.63) is 65.7 Å². The summed E-state index contributed by atoms with van der Waals surface area (Å²) in [5, 5.41) is 12.1. The quantitative estimate of drug-likeness (QED) is 0.466. The lowest BCUT2D eigenvalue weighted by molar-refractivity contribution is 0.102. The third-order valence-corrected chi connectivity index (χ3v) is 5.01. The van der Waals surface area contributed by atoms with Gasteiger partial charge in [-0.25, -0.2) is 0 Å². The van der Waals surface area contributed by atoms with Crippen LogP contribution in [0.3, 0.4) is 0 Å². The molecule has 0 atom stereocenters. The number of anilines is 1. The van der Waals surface area contributed by atoms with Gasteiger partial charge in [-0.1, -0.05) is 6.07 Å². The zero-order valence-corrected chi connectivity index (χ0v) is 18.4. The summed E-state index contributed by atoms with van der Waals surface area (Å²) < 4.78 is 16.2. The van der Waals surface area contributed by atoms with Crippen molar-refractivity contribution in [3.8, 4) is 22.9 Å². The summed E-state index contributed by atoms with van der Waals surface area (Å²) >= 11 is 0. The maximum absolute atomic E-state index is 13.0. The number of amides is 1. The van der Waals surface area contributed by atoms with Crippen molar-refractivity contribution in [1.29, 1.82) is 0 Å². The summed E-state index contributed by atoms with van der Waals surface area (Å²) in [4.78, 5) is 14.6. The van der Waals surface area contributed by atoms with Crippen LogP contribution in [0.1, 0.15) is 22.8 Å². The number of methoxy groups -OCH3 is 2. The third-order valence-electron chi connectivity index (χ3n) is 5.01. The highest BCUT2D eigenvalue weighted by atomic mass is 16.5. The van der Waals surface area contributed by atoms with Crippen molar-refractivity contribution < 1.29 is 19.0 Å². The maximum Gasteiger partial charge on any atom is 0.263 e. The van der Waals surface area contributed by atoms with Gasteiger partial charge >= 0.3 is 0 Å². The van der Waals surface area contributed by atoms with Crippen molar-refractivity contribution in [2.45, 2.75) is 13.8 Å². The number of carbonyl (C=O) groups is 1. The van der Waals surface area contributed by atoms with Gasteiger partial charge in [0.25, 0.3) is 5.91 Å². The van der Waals surface area contributed by atoms with Gasteiger partial charge in [-0.05, 0) is 67.9 Å². The molecule has 0 aliphatic heterocycles. The topological polar surface area (TPSA) is 87.5 Å². The average Bonchev–Trinajstić information content (AvgIpc) is 3.21. The van der Waals surface area contributed by atoms with Gasteiger partial charge < -0.3 is 19.5 Å². The van der Waals surface area contributed by atoms with E-state index in [1.54, 1.807) is 23.0 Å². The first-order valence-electron chi connectivity index (χ1n) is 10.2. The summed E-state index contributed by atoms with van der Waals surface area (Å²) in [6.45, 7) is 4.46. The number of carbonyl (C=O) groups excluding carboxylic acids is 1. The molecule has 0 aliphatic carbocycles. The minimum absolute atomic E-state index is 0.329. The van der Waals surface area contributed by atoms with Crippen LogP contribution in [-0.4, -0.2) is 41.7 Å². The summed E-state index contributed by atoms with van der Waals surface area (Å²) in [5.74, 6) is 1.32. The van der Waals surface area contributed by atoms with Crippen molar-refractivity contribution in [2.24, 2.45) is 0 Å². The van der Waals surface area contributed by atoms with Crippen molar-refractivity contribution >= 4 is 22.6 Å². The molecule has 1 heterocycles. The molecule has 1 N–H and O–H groups in total. The van der Waals surface area contributed by atoms with E-state index in [2.05, 4.69) is 15.5 Å². The van der Waals surface area contributed by atoms with Gasteiger partial charge in [-0.3, -0.25) is 4.79 Å². The maximum atomic E-state index is 13.0. The van der Waals surface area contributed by atoms with Crippen LogP contribution in [0.5, 0.6) is 17.2 Å². The Hall–Kier alpha value is -4.07. The number of ether oxygens (including phenoxy) is 3. The van der Waals surface area contributed by atoms with Crippen molar-refractivity contribution in [3.63, 3.8) is 0 Å². The van der Waals surface area contributed by atoms with E-state index in [1.165, 1.54) is 14.2 Å². The first-order valence-corrected chi connectivity index (χ1v) is 10.2. The zero-order chi connectivity index (χ0) is 22.7. The van der Waals surface area contributed by atoms with Gasteiger partial charge in [0.15, 0.2) is 0 Å². The molecule has 32 heavy (non-hydrogen) atoms. The van der Waals surface area contributed by atoms with Crippen LogP contribution in [0.2, 0.25) is 0 Å².